The van der Waals surface area contributed by atoms with Crippen LogP contribution in [0.4, 0.5) is 0 Å². The van der Waals surface area contributed by atoms with Crippen LogP contribution < -0.4 is 5.56 Å². The van der Waals surface area contributed by atoms with Crippen molar-refractivity contribution in [1.82, 2.24) is 14.7 Å². The summed E-state index contributed by atoms with van der Waals surface area (Å²) >= 11 is 0.560. The van der Waals surface area contributed by atoms with Crippen molar-refractivity contribution in [3.8, 4) is 11.3 Å². The van der Waals surface area contributed by atoms with Crippen molar-refractivity contribution in [3.05, 3.63) is 51.8 Å². The van der Waals surface area contributed by atoms with Crippen LogP contribution in [0.15, 0.2) is 35.1 Å². The molecule has 0 radical (unpaired) electrons. The Labute approximate surface area is 146 Å². The predicted octanol–water partition coefficient (Wildman–Crippen LogP) is 2.56. The first kappa shape index (κ1) is 18.4. The summed E-state index contributed by atoms with van der Waals surface area (Å²) in [6.07, 6.45) is 0. The van der Waals surface area contributed by atoms with E-state index in [9.17, 15) is 9.00 Å². The molecule has 2 aromatic rings. The van der Waals surface area contributed by atoms with Crippen LogP contribution in [0.3, 0.4) is 0 Å². The first-order valence-electron chi connectivity index (χ1n) is 8.00. The fourth-order valence-corrected chi connectivity index (χ4v) is 2.83. The fraction of sp³-hybridized carbons (Fsp3) is 0.444. The highest BCUT2D eigenvalue weighted by molar-refractivity contribution is 7.64. The van der Waals surface area contributed by atoms with Gasteiger partial charge in [-0.05, 0) is 26.1 Å². The molecule has 0 amide bonds. The maximum absolute atomic E-state index is 12.6. The Kier molecular flexibility index (Phi) is 6.34. The van der Waals surface area contributed by atoms with E-state index in [1.54, 1.807) is 4.68 Å². The van der Waals surface area contributed by atoms with Crippen molar-refractivity contribution < 1.29 is 4.21 Å². The lowest BCUT2D eigenvalue weighted by Crippen LogP contribution is -2.30. The van der Waals surface area contributed by atoms with Gasteiger partial charge in [0.1, 0.15) is 0 Å². The number of nitrogens with zero attached hydrogens (tertiary/aromatic N) is 3. The molecule has 0 bridgehead atoms. The maximum Gasteiger partial charge on any atom is 0.463 e. The van der Waals surface area contributed by atoms with Crippen LogP contribution in [-0.4, -0.2) is 28.8 Å². The molecule has 0 spiro atoms. The van der Waals surface area contributed by atoms with Gasteiger partial charge in [-0.25, -0.2) is 4.68 Å². The Balaban J connectivity index is 2.47. The Hall–Kier alpha value is -1.92. The zero-order valence-electron chi connectivity index (χ0n) is 14.7. The molecule has 1 aromatic carbocycles. The van der Waals surface area contributed by atoms with Gasteiger partial charge >= 0.3 is 11.7 Å². The number of hydrogen-bond acceptors (Lipinski definition) is 4. The summed E-state index contributed by atoms with van der Waals surface area (Å²) in [5.41, 5.74) is 3.44. The van der Waals surface area contributed by atoms with Crippen LogP contribution in [0.5, 0.6) is 0 Å². The first-order valence-corrected chi connectivity index (χ1v) is 8.91. The van der Waals surface area contributed by atoms with E-state index >= 15 is 0 Å². The van der Waals surface area contributed by atoms with Gasteiger partial charge in [-0.2, -0.15) is 5.10 Å². The van der Waals surface area contributed by atoms with Gasteiger partial charge in [-0.15, -0.1) is 0 Å². The van der Waals surface area contributed by atoms with Gasteiger partial charge in [0.25, 0.3) is 11.3 Å². The number of benzene rings is 1. The van der Waals surface area contributed by atoms with Crippen molar-refractivity contribution in [3.63, 3.8) is 0 Å². The second-order valence-electron chi connectivity index (χ2n) is 6.63. The van der Waals surface area contributed by atoms with E-state index in [4.69, 9.17) is 0 Å². The van der Waals surface area contributed by atoms with E-state index < -0.39 is 0 Å². The molecule has 0 saturated heterocycles. The van der Waals surface area contributed by atoms with Crippen molar-refractivity contribution in [2.45, 2.75) is 32.7 Å². The number of hydrogen-bond donors (Lipinski definition) is 0. The number of aromatic nitrogens is 2. The Morgan fingerprint density at radius 1 is 1.21 bits per heavy atom. The monoisotopic (exact) mass is 346 g/mol. The summed E-state index contributed by atoms with van der Waals surface area (Å²) in [5.74, 6) is 0.793. The van der Waals surface area contributed by atoms with E-state index in [0.717, 1.165) is 22.4 Å². The third-order valence-corrected chi connectivity index (χ3v) is 4.00. The Bertz CT molecular complexity index is 718. The predicted molar refractivity (Wildman–Crippen MR) is 97.9 cm³/mol. The zero-order chi connectivity index (χ0) is 17.7. The summed E-state index contributed by atoms with van der Waals surface area (Å²) in [7, 11) is 3.89. The third kappa shape index (κ3) is 4.79. The minimum atomic E-state index is -0.0273. The number of rotatable bonds is 7. The van der Waals surface area contributed by atoms with Gasteiger partial charge < -0.3 is 4.90 Å². The third-order valence-electron chi connectivity index (χ3n) is 3.55. The van der Waals surface area contributed by atoms with Crippen LogP contribution in [-0.2, 0) is 34.7 Å². The van der Waals surface area contributed by atoms with Gasteiger partial charge in [0.05, 0.1) is 5.69 Å². The first-order chi connectivity index (χ1) is 11.4. The van der Waals surface area contributed by atoms with Gasteiger partial charge in [-0.1, -0.05) is 38.1 Å². The Morgan fingerprint density at radius 3 is 2.42 bits per heavy atom. The minimum absolute atomic E-state index is 0.0273. The average molecular weight is 346 g/mol. The molecule has 0 N–H and O–H groups in total. The summed E-state index contributed by atoms with van der Waals surface area (Å²) in [4.78, 5) is 14.6. The quantitative estimate of drug-likeness (QED) is 0.723. The van der Waals surface area contributed by atoms with E-state index in [-0.39, 0.29) is 5.56 Å². The molecule has 24 heavy (non-hydrogen) atoms. The highest BCUT2D eigenvalue weighted by Gasteiger charge is 2.12. The van der Waals surface area contributed by atoms with Crippen molar-refractivity contribution in [2.75, 3.05) is 14.1 Å². The standard InChI is InChI=1S/C18H24N3O2S/c1-13(2)10-21-18(22)16(11-20(3)4)9-17(19-21)15-7-5-14(6-8-15)12-24-23/h5-9,13H,10-12H2,1-4H3/q+1. The molecule has 0 aliphatic carbocycles. The molecule has 5 nitrogen and oxygen atoms in total. The second-order valence-corrected chi connectivity index (χ2v) is 7.16. The molecule has 128 valence electrons. The van der Waals surface area contributed by atoms with Crippen LogP contribution in [0, 0.1) is 5.92 Å². The van der Waals surface area contributed by atoms with E-state index in [1.807, 2.05) is 49.3 Å². The highest BCUT2D eigenvalue weighted by atomic mass is 32.1. The maximum atomic E-state index is 12.6. The fourth-order valence-electron chi connectivity index (χ4n) is 2.50. The molecular formula is C18H24N3O2S+. The largest absolute Gasteiger partial charge is 0.463 e. The highest BCUT2D eigenvalue weighted by Crippen LogP contribution is 2.18. The van der Waals surface area contributed by atoms with E-state index in [0.29, 0.717) is 36.4 Å². The summed E-state index contributed by atoms with van der Waals surface area (Å²) in [6, 6.07) is 9.66. The smallest absolute Gasteiger partial charge is 0.305 e. The molecule has 0 aliphatic heterocycles. The van der Waals surface area contributed by atoms with Crippen molar-refractivity contribution in [1.29, 1.82) is 0 Å². The molecule has 0 fully saturated rings. The van der Waals surface area contributed by atoms with E-state index in [2.05, 4.69) is 18.9 Å². The molecule has 0 aliphatic rings. The lowest BCUT2D eigenvalue weighted by molar-refractivity contribution is 0.392. The molecule has 6 heteroatoms. The normalized spacial score (nSPS) is 11.2. The van der Waals surface area contributed by atoms with Gasteiger partial charge in [-0.3, -0.25) is 4.79 Å². The lowest BCUT2D eigenvalue weighted by Gasteiger charge is -2.15. The second kappa shape index (κ2) is 8.26. The van der Waals surface area contributed by atoms with Crippen molar-refractivity contribution >= 4 is 11.7 Å². The zero-order valence-corrected chi connectivity index (χ0v) is 15.5. The van der Waals surface area contributed by atoms with Gasteiger partial charge in [0.2, 0.25) is 0 Å². The molecule has 0 unspecified atom stereocenters. The topological polar surface area (TPSA) is 55.2 Å². The summed E-state index contributed by atoms with van der Waals surface area (Å²) in [5, 5.41) is 4.54. The van der Waals surface area contributed by atoms with Crippen LogP contribution >= 0.6 is 0 Å². The van der Waals surface area contributed by atoms with Gasteiger partial charge in [0.15, 0.2) is 0 Å². The van der Waals surface area contributed by atoms with Crippen LogP contribution in [0.2, 0.25) is 0 Å². The lowest BCUT2D eigenvalue weighted by atomic mass is 10.1. The minimum Gasteiger partial charge on any atom is -0.305 e. The average Bonchev–Trinajstić information content (AvgIpc) is 2.51. The molecule has 2 rings (SSSR count). The van der Waals surface area contributed by atoms with Crippen LogP contribution in [0.1, 0.15) is 25.0 Å². The summed E-state index contributed by atoms with van der Waals surface area (Å²) < 4.78 is 12.2. The van der Waals surface area contributed by atoms with E-state index in [1.165, 1.54) is 0 Å². The molecular weight excluding hydrogens is 322 g/mol. The van der Waals surface area contributed by atoms with Crippen LogP contribution in [0.25, 0.3) is 11.3 Å². The van der Waals surface area contributed by atoms with Crippen molar-refractivity contribution in [2.24, 2.45) is 5.92 Å². The molecule has 0 saturated carbocycles. The molecule has 0 atom stereocenters. The Morgan fingerprint density at radius 2 is 1.88 bits per heavy atom. The van der Waals surface area contributed by atoms with Gasteiger partial charge in [0, 0.05) is 34.0 Å². The SMILES string of the molecule is CC(C)Cn1nc(-c2ccc(C[S+]=O)cc2)cc(CN(C)C)c1=O. The molecule has 1 aromatic heterocycles. The molecule has 1 heterocycles. The summed E-state index contributed by atoms with van der Waals surface area (Å²) in [6.45, 7) is 5.32.